The molecular weight excluding hydrogens is 180 g/mol. The van der Waals surface area contributed by atoms with Crippen LogP contribution in [0, 0.1) is 0 Å². The van der Waals surface area contributed by atoms with Crippen LogP contribution < -0.4 is 0 Å². The normalized spacial score (nSPS) is 15.0. The zero-order valence-electron chi connectivity index (χ0n) is 7.20. The molecule has 2 N–H and O–H groups in total. The molecule has 0 heterocycles. The Hall–Kier alpha value is 0.620. The largest absolute Gasteiger partial charge is 0.394 e. The van der Waals surface area contributed by atoms with Crippen molar-refractivity contribution in [3.05, 3.63) is 0 Å². The van der Waals surface area contributed by atoms with Crippen molar-refractivity contribution in [3.63, 3.8) is 0 Å². The van der Waals surface area contributed by atoms with Gasteiger partial charge in [0.2, 0.25) is 0 Å². The minimum atomic E-state index is -0.574. The first-order valence-electron chi connectivity index (χ1n) is 3.55. The van der Waals surface area contributed by atoms with Gasteiger partial charge in [-0.15, -0.1) is 0 Å². The number of aliphatic hydroxyl groups is 2. The van der Waals surface area contributed by atoms with Crippen molar-refractivity contribution in [2.45, 2.75) is 31.6 Å². The highest BCUT2D eigenvalue weighted by atomic mass is 33.1. The Labute approximate surface area is 76.2 Å². The summed E-state index contributed by atoms with van der Waals surface area (Å²) in [4.78, 5) is 0. The third-order valence-electron chi connectivity index (χ3n) is 0.780. The van der Waals surface area contributed by atoms with Gasteiger partial charge in [-0.3, -0.25) is 0 Å². The van der Waals surface area contributed by atoms with Gasteiger partial charge in [0.1, 0.15) is 0 Å². The molecule has 0 fully saturated rings. The summed E-state index contributed by atoms with van der Waals surface area (Å²) in [6.07, 6.45) is -0.574. The summed E-state index contributed by atoms with van der Waals surface area (Å²) in [5, 5.41) is 17.5. The molecule has 0 saturated heterocycles. The molecule has 0 aliphatic carbocycles. The van der Waals surface area contributed by atoms with Crippen LogP contribution in [-0.2, 0) is 0 Å². The maximum atomic E-state index is 8.97. The second kappa shape index (κ2) is 5.30. The third kappa shape index (κ3) is 8.53. The molecule has 0 saturated carbocycles. The molecule has 0 aliphatic heterocycles. The lowest BCUT2D eigenvalue weighted by Crippen LogP contribution is -2.15. The predicted molar refractivity (Wildman–Crippen MR) is 52.9 cm³/mol. The van der Waals surface area contributed by atoms with Crippen LogP contribution in [0.1, 0.15) is 20.8 Å². The quantitative estimate of drug-likeness (QED) is 0.669. The zero-order chi connectivity index (χ0) is 8.91. The van der Waals surface area contributed by atoms with Crippen LogP contribution in [0.3, 0.4) is 0 Å². The van der Waals surface area contributed by atoms with Gasteiger partial charge in [-0.1, -0.05) is 42.4 Å². The number of rotatable bonds is 4. The Kier molecular flexibility index (Phi) is 5.60. The van der Waals surface area contributed by atoms with Crippen LogP contribution in [0.5, 0.6) is 0 Å². The van der Waals surface area contributed by atoms with Crippen molar-refractivity contribution in [3.8, 4) is 0 Å². The van der Waals surface area contributed by atoms with E-state index in [1.807, 2.05) is 0 Å². The Bertz CT molecular complexity index is 101. The van der Waals surface area contributed by atoms with Crippen LogP contribution in [0.2, 0.25) is 0 Å². The fourth-order valence-corrected chi connectivity index (χ4v) is 2.76. The molecule has 0 rings (SSSR count). The Morgan fingerprint density at radius 1 is 1.36 bits per heavy atom. The first kappa shape index (κ1) is 11.6. The minimum Gasteiger partial charge on any atom is -0.394 e. The molecular formula is C7H16O2S2. The van der Waals surface area contributed by atoms with E-state index in [0.717, 1.165) is 0 Å². The summed E-state index contributed by atoms with van der Waals surface area (Å²) in [7, 11) is 3.32. The summed E-state index contributed by atoms with van der Waals surface area (Å²) >= 11 is 0. The van der Waals surface area contributed by atoms with Crippen LogP contribution in [0.4, 0.5) is 0 Å². The molecule has 0 spiro atoms. The first-order valence-corrected chi connectivity index (χ1v) is 5.87. The summed E-state index contributed by atoms with van der Waals surface area (Å²) in [5.41, 5.74) is 0. The second-order valence-corrected chi connectivity index (χ2v) is 6.48. The van der Waals surface area contributed by atoms with Gasteiger partial charge < -0.3 is 10.2 Å². The highest BCUT2D eigenvalue weighted by Gasteiger charge is 2.12. The van der Waals surface area contributed by atoms with Crippen molar-refractivity contribution in [1.29, 1.82) is 0 Å². The fourth-order valence-electron chi connectivity index (χ4n) is 0.342. The number of aliphatic hydroxyl groups excluding tert-OH is 2. The lowest BCUT2D eigenvalue weighted by atomic mass is 10.3. The maximum Gasteiger partial charge on any atom is 0.0869 e. The summed E-state index contributed by atoms with van der Waals surface area (Å²) in [6, 6.07) is 0. The monoisotopic (exact) mass is 196 g/mol. The standard InChI is InChI=1S/C7H16O2S2/c1-7(2,3)11-10-5-6(9)4-8/h6,8-9H,4-5H2,1-3H3. The van der Waals surface area contributed by atoms with Gasteiger partial charge in [0.05, 0.1) is 12.7 Å². The van der Waals surface area contributed by atoms with Crippen molar-refractivity contribution in [2.24, 2.45) is 0 Å². The molecule has 68 valence electrons. The molecule has 2 nitrogen and oxygen atoms in total. The van der Waals surface area contributed by atoms with E-state index in [4.69, 9.17) is 10.2 Å². The van der Waals surface area contributed by atoms with E-state index >= 15 is 0 Å². The molecule has 1 atom stereocenters. The Morgan fingerprint density at radius 2 is 1.91 bits per heavy atom. The van der Waals surface area contributed by atoms with E-state index in [9.17, 15) is 0 Å². The highest BCUT2D eigenvalue weighted by molar-refractivity contribution is 8.77. The van der Waals surface area contributed by atoms with E-state index < -0.39 is 6.10 Å². The highest BCUT2D eigenvalue weighted by Crippen LogP contribution is 2.35. The van der Waals surface area contributed by atoms with Crippen LogP contribution >= 0.6 is 21.6 Å². The van der Waals surface area contributed by atoms with Gasteiger partial charge in [0.25, 0.3) is 0 Å². The predicted octanol–water partition coefficient (Wildman–Crippen LogP) is 1.52. The van der Waals surface area contributed by atoms with E-state index in [1.54, 1.807) is 21.6 Å². The van der Waals surface area contributed by atoms with Gasteiger partial charge in [-0.25, -0.2) is 0 Å². The van der Waals surface area contributed by atoms with Crippen molar-refractivity contribution in [1.82, 2.24) is 0 Å². The molecule has 0 bridgehead atoms. The molecule has 0 aliphatic rings. The lowest BCUT2D eigenvalue weighted by molar-refractivity contribution is 0.114. The molecule has 4 heteroatoms. The zero-order valence-corrected chi connectivity index (χ0v) is 8.84. The van der Waals surface area contributed by atoms with Crippen molar-refractivity contribution >= 4 is 21.6 Å². The molecule has 0 aromatic heterocycles. The van der Waals surface area contributed by atoms with Gasteiger partial charge in [-0.05, 0) is 0 Å². The first-order chi connectivity index (χ1) is 4.95. The number of hydrogen-bond acceptors (Lipinski definition) is 4. The van der Waals surface area contributed by atoms with Gasteiger partial charge >= 0.3 is 0 Å². The SMILES string of the molecule is CC(C)(C)SSCC(O)CO. The minimum absolute atomic E-state index is 0.141. The van der Waals surface area contributed by atoms with Crippen molar-refractivity contribution < 1.29 is 10.2 Å². The average molecular weight is 196 g/mol. The molecule has 0 amide bonds. The lowest BCUT2D eigenvalue weighted by Gasteiger charge is -2.16. The summed E-state index contributed by atoms with van der Waals surface area (Å²) < 4.78 is 0.222. The van der Waals surface area contributed by atoms with Crippen LogP contribution in [0.15, 0.2) is 0 Å². The third-order valence-corrected chi connectivity index (χ3v) is 4.18. The smallest absolute Gasteiger partial charge is 0.0869 e. The van der Waals surface area contributed by atoms with E-state index in [0.29, 0.717) is 5.75 Å². The van der Waals surface area contributed by atoms with E-state index in [2.05, 4.69) is 20.8 Å². The van der Waals surface area contributed by atoms with E-state index in [-0.39, 0.29) is 11.4 Å². The van der Waals surface area contributed by atoms with Crippen LogP contribution in [-0.4, -0.2) is 33.4 Å². The molecule has 0 aromatic carbocycles. The second-order valence-electron chi connectivity index (χ2n) is 3.32. The maximum absolute atomic E-state index is 8.97. The molecule has 0 radical (unpaired) electrons. The van der Waals surface area contributed by atoms with Gasteiger partial charge in [0, 0.05) is 10.5 Å². The van der Waals surface area contributed by atoms with Gasteiger partial charge in [0.15, 0.2) is 0 Å². The summed E-state index contributed by atoms with van der Waals surface area (Å²) in [6.45, 7) is 6.22. The molecule has 11 heavy (non-hydrogen) atoms. The Balaban J connectivity index is 3.28. The average Bonchev–Trinajstić information content (AvgIpc) is 1.85. The van der Waals surface area contributed by atoms with Crippen LogP contribution in [0.25, 0.3) is 0 Å². The topological polar surface area (TPSA) is 40.5 Å². The number of hydrogen-bond donors (Lipinski definition) is 2. The summed E-state index contributed by atoms with van der Waals surface area (Å²) in [5.74, 6) is 0.596. The molecule has 0 aromatic rings. The Morgan fingerprint density at radius 3 is 2.27 bits per heavy atom. The van der Waals surface area contributed by atoms with Crippen molar-refractivity contribution in [2.75, 3.05) is 12.4 Å². The fraction of sp³-hybridized carbons (Fsp3) is 1.00. The molecule has 1 unspecified atom stereocenters. The van der Waals surface area contributed by atoms with Gasteiger partial charge in [-0.2, -0.15) is 0 Å². The van der Waals surface area contributed by atoms with E-state index in [1.165, 1.54) is 0 Å².